The molecule has 0 N–H and O–H groups in total. The molecular formula is C10H19NO4S. The fourth-order valence-corrected chi connectivity index (χ4v) is 3.36. The third-order valence-electron chi connectivity index (χ3n) is 2.72. The Balaban J connectivity index is 2.36. The van der Waals surface area contributed by atoms with E-state index in [0.717, 1.165) is 19.3 Å². The average Bonchev–Trinajstić information content (AvgIpc) is 2.30. The minimum atomic E-state index is -3.16. The van der Waals surface area contributed by atoms with Crippen LogP contribution < -0.4 is 0 Å². The Morgan fingerprint density at radius 1 is 1.25 bits per heavy atom. The molecule has 1 rings (SSSR count). The second-order valence-corrected chi connectivity index (χ2v) is 6.04. The summed E-state index contributed by atoms with van der Waals surface area (Å²) in [6.07, 6.45) is 3.50. The van der Waals surface area contributed by atoms with Gasteiger partial charge >= 0.3 is 5.97 Å². The molecule has 1 aliphatic rings. The van der Waals surface area contributed by atoms with Crippen LogP contribution in [0.3, 0.4) is 0 Å². The highest BCUT2D eigenvalue weighted by Crippen LogP contribution is 2.14. The first kappa shape index (κ1) is 13.4. The molecule has 0 unspecified atom stereocenters. The summed E-state index contributed by atoms with van der Waals surface area (Å²) in [6.45, 7) is 1.25. The van der Waals surface area contributed by atoms with Crippen LogP contribution in [0.25, 0.3) is 0 Å². The van der Waals surface area contributed by atoms with Gasteiger partial charge in [-0.05, 0) is 19.3 Å². The summed E-state index contributed by atoms with van der Waals surface area (Å²) in [5.74, 6) is -0.309. The number of hydrogen-bond acceptors (Lipinski definition) is 4. The van der Waals surface area contributed by atoms with Crippen molar-refractivity contribution in [1.82, 2.24) is 4.31 Å². The molecule has 1 fully saturated rings. The van der Waals surface area contributed by atoms with Gasteiger partial charge in [0, 0.05) is 19.5 Å². The lowest BCUT2D eigenvalue weighted by molar-refractivity contribution is -0.140. The van der Waals surface area contributed by atoms with Crippen LogP contribution in [0.2, 0.25) is 0 Å². The monoisotopic (exact) mass is 249 g/mol. The van der Waals surface area contributed by atoms with Gasteiger partial charge in [-0.25, -0.2) is 12.7 Å². The Morgan fingerprint density at radius 2 is 1.88 bits per heavy atom. The third-order valence-corrected chi connectivity index (χ3v) is 4.68. The van der Waals surface area contributed by atoms with E-state index in [2.05, 4.69) is 4.74 Å². The lowest BCUT2D eigenvalue weighted by atomic mass is 10.2. The van der Waals surface area contributed by atoms with Crippen molar-refractivity contribution in [2.45, 2.75) is 32.1 Å². The van der Waals surface area contributed by atoms with Crippen molar-refractivity contribution in [3.05, 3.63) is 0 Å². The number of ether oxygens (including phenoxy) is 1. The number of piperidine rings is 1. The molecule has 0 aromatic rings. The van der Waals surface area contributed by atoms with Crippen molar-refractivity contribution < 1.29 is 17.9 Å². The smallest absolute Gasteiger partial charge is 0.305 e. The van der Waals surface area contributed by atoms with Gasteiger partial charge in [0.05, 0.1) is 12.9 Å². The lowest BCUT2D eigenvalue weighted by Crippen LogP contribution is -2.37. The van der Waals surface area contributed by atoms with E-state index < -0.39 is 10.0 Å². The molecule has 5 nitrogen and oxygen atoms in total. The zero-order valence-electron chi connectivity index (χ0n) is 9.65. The fourth-order valence-electron chi connectivity index (χ4n) is 1.77. The van der Waals surface area contributed by atoms with Crippen LogP contribution in [0.5, 0.6) is 0 Å². The topological polar surface area (TPSA) is 63.7 Å². The molecule has 94 valence electrons. The van der Waals surface area contributed by atoms with Crippen molar-refractivity contribution in [1.29, 1.82) is 0 Å². The third kappa shape index (κ3) is 4.09. The molecule has 0 spiro atoms. The maximum atomic E-state index is 11.8. The summed E-state index contributed by atoms with van der Waals surface area (Å²) in [5.41, 5.74) is 0. The standard InChI is InChI=1S/C10H19NO4S/c1-15-10(12)6-5-9-16(13,14)11-7-3-2-4-8-11/h2-9H2,1H3. The summed E-state index contributed by atoms with van der Waals surface area (Å²) in [7, 11) is -1.85. The van der Waals surface area contributed by atoms with Gasteiger partial charge in [-0.3, -0.25) is 4.79 Å². The van der Waals surface area contributed by atoms with Crippen molar-refractivity contribution in [3.8, 4) is 0 Å². The lowest BCUT2D eigenvalue weighted by Gasteiger charge is -2.25. The van der Waals surface area contributed by atoms with Crippen molar-refractivity contribution in [2.24, 2.45) is 0 Å². The van der Waals surface area contributed by atoms with Gasteiger partial charge in [0.2, 0.25) is 10.0 Å². The molecule has 0 atom stereocenters. The molecule has 6 heteroatoms. The Morgan fingerprint density at radius 3 is 2.44 bits per heavy atom. The minimum absolute atomic E-state index is 0.0437. The van der Waals surface area contributed by atoms with E-state index in [0.29, 0.717) is 19.5 Å². The zero-order valence-corrected chi connectivity index (χ0v) is 10.5. The van der Waals surface area contributed by atoms with E-state index in [9.17, 15) is 13.2 Å². The molecule has 0 aromatic heterocycles. The van der Waals surface area contributed by atoms with Crippen LogP contribution >= 0.6 is 0 Å². The summed E-state index contributed by atoms with van der Waals surface area (Å²) >= 11 is 0. The van der Waals surface area contributed by atoms with Gasteiger partial charge in [-0.2, -0.15) is 0 Å². The highest BCUT2D eigenvalue weighted by molar-refractivity contribution is 7.89. The molecule has 1 heterocycles. The van der Waals surface area contributed by atoms with Crippen LogP contribution in [-0.4, -0.2) is 44.6 Å². The molecule has 16 heavy (non-hydrogen) atoms. The van der Waals surface area contributed by atoms with Crippen molar-refractivity contribution >= 4 is 16.0 Å². The normalized spacial score (nSPS) is 18.3. The molecule has 0 amide bonds. The van der Waals surface area contributed by atoms with Gasteiger partial charge in [0.15, 0.2) is 0 Å². The van der Waals surface area contributed by atoms with E-state index in [-0.39, 0.29) is 18.1 Å². The average molecular weight is 249 g/mol. The number of carbonyl (C=O) groups is 1. The summed E-state index contributed by atoms with van der Waals surface area (Å²) in [4.78, 5) is 10.8. The number of methoxy groups -OCH3 is 1. The zero-order chi connectivity index (χ0) is 12.0. The molecule has 1 saturated heterocycles. The Hall–Kier alpha value is -0.620. The van der Waals surface area contributed by atoms with Gasteiger partial charge in [-0.15, -0.1) is 0 Å². The number of rotatable bonds is 5. The molecule has 1 aliphatic heterocycles. The number of sulfonamides is 1. The van der Waals surface area contributed by atoms with Crippen LogP contribution in [0.4, 0.5) is 0 Å². The summed E-state index contributed by atoms with van der Waals surface area (Å²) in [5, 5.41) is 0. The van der Waals surface area contributed by atoms with Crippen molar-refractivity contribution in [3.63, 3.8) is 0 Å². The van der Waals surface area contributed by atoms with Gasteiger partial charge in [0.1, 0.15) is 0 Å². The van der Waals surface area contributed by atoms with Gasteiger partial charge in [-0.1, -0.05) is 6.42 Å². The largest absolute Gasteiger partial charge is 0.469 e. The maximum Gasteiger partial charge on any atom is 0.305 e. The van der Waals surface area contributed by atoms with E-state index in [1.807, 2.05) is 0 Å². The molecule has 0 bridgehead atoms. The number of esters is 1. The fraction of sp³-hybridized carbons (Fsp3) is 0.900. The second-order valence-electron chi connectivity index (χ2n) is 3.96. The van der Waals surface area contributed by atoms with Crippen LogP contribution in [-0.2, 0) is 19.6 Å². The first-order valence-electron chi connectivity index (χ1n) is 5.61. The van der Waals surface area contributed by atoms with E-state index in [1.54, 1.807) is 0 Å². The Labute approximate surface area is 96.8 Å². The highest BCUT2D eigenvalue weighted by Gasteiger charge is 2.23. The van der Waals surface area contributed by atoms with Crippen LogP contribution in [0.1, 0.15) is 32.1 Å². The number of carbonyl (C=O) groups excluding carboxylic acids is 1. The van der Waals surface area contributed by atoms with Crippen molar-refractivity contribution in [2.75, 3.05) is 26.0 Å². The first-order valence-corrected chi connectivity index (χ1v) is 7.22. The highest BCUT2D eigenvalue weighted by atomic mass is 32.2. The van der Waals surface area contributed by atoms with E-state index >= 15 is 0 Å². The van der Waals surface area contributed by atoms with E-state index in [4.69, 9.17) is 0 Å². The number of hydrogen-bond donors (Lipinski definition) is 0. The van der Waals surface area contributed by atoms with Gasteiger partial charge < -0.3 is 4.74 Å². The molecule has 0 aromatic carbocycles. The minimum Gasteiger partial charge on any atom is -0.469 e. The van der Waals surface area contributed by atoms with Crippen LogP contribution in [0, 0.1) is 0 Å². The summed E-state index contributed by atoms with van der Waals surface area (Å²) < 4.78 is 29.7. The predicted molar refractivity (Wildman–Crippen MR) is 60.5 cm³/mol. The predicted octanol–water partition coefficient (Wildman–Crippen LogP) is 0.755. The van der Waals surface area contributed by atoms with Crippen LogP contribution in [0.15, 0.2) is 0 Å². The van der Waals surface area contributed by atoms with Gasteiger partial charge in [0.25, 0.3) is 0 Å². The Bertz CT molecular complexity index is 320. The quantitative estimate of drug-likeness (QED) is 0.675. The van der Waals surface area contributed by atoms with E-state index in [1.165, 1.54) is 11.4 Å². The molecular weight excluding hydrogens is 230 g/mol. The molecule has 0 radical (unpaired) electrons. The molecule has 0 aliphatic carbocycles. The second kappa shape index (κ2) is 6.20. The first-order chi connectivity index (χ1) is 7.56. The molecule has 0 saturated carbocycles. The summed E-state index contributed by atoms with van der Waals surface area (Å²) in [6, 6.07) is 0. The maximum absolute atomic E-state index is 11.8. The Kier molecular flexibility index (Phi) is 5.21. The SMILES string of the molecule is COC(=O)CCCS(=O)(=O)N1CCCCC1. The number of nitrogens with zero attached hydrogens (tertiary/aromatic N) is 1.